The summed E-state index contributed by atoms with van der Waals surface area (Å²) in [4.78, 5) is 12.5. The van der Waals surface area contributed by atoms with E-state index in [0.717, 1.165) is 22.1 Å². The van der Waals surface area contributed by atoms with E-state index >= 15 is 0 Å². The van der Waals surface area contributed by atoms with Crippen LogP contribution in [0, 0.1) is 6.92 Å². The van der Waals surface area contributed by atoms with Crippen molar-refractivity contribution in [2.24, 2.45) is 0 Å². The van der Waals surface area contributed by atoms with Crippen molar-refractivity contribution in [1.82, 2.24) is 25.5 Å². The molecule has 0 saturated carbocycles. The third-order valence-corrected chi connectivity index (χ3v) is 4.42. The smallest absolute Gasteiger partial charge is 0.251 e. The average molecular weight is 400 g/mol. The van der Waals surface area contributed by atoms with E-state index in [-0.39, 0.29) is 11.9 Å². The summed E-state index contributed by atoms with van der Waals surface area (Å²) >= 11 is 3.43. The summed E-state index contributed by atoms with van der Waals surface area (Å²) in [5.74, 6) is -0.0871. The maximum absolute atomic E-state index is 12.5. The van der Waals surface area contributed by atoms with Crippen LogP contribution in [0.15, 0.2) is 53.3 Å². The zero-order valence-corrected chi connectivity index (χ0v) is 15.6. The summed E-state index contributed by atoms with van der Waals surface area (Å²) in [6.07, 6.45) is 2.31. The normalized spacial score (nSPS) is 12.0. The van der Waals surface area contributed by atoms with Gasteiger partial charge < -0.3 is 5.32 Å². The molecule has 0 aliphatic heterocycles. The van der Waals surface area contributed by atoms with Crippen molar-refractivity contribution in [3.8, 4) is 5.69 Å². The van der Waals surface area contributed by atoms with Crippen LogP contribution >= 0.6 is 15.9 Å². The molecule has 0 radical (unpaired) electrons. The molecule has 7 heteroatoms. The number of hydrogen-bond acceptors (Lipinski definition) is 4. The summed E-state index contributed by atoms with van der Waals surface area (Å²) < 4.78 is 2.62. The Morgan fingerprint density at radius 3 is 2.64 bits per heavy atom. The number of aryl methyl sites for hydroxylation is 1. The lowest BCUT2D eigenvalue weighted by molar-refractivity contribution is 0.0940. The van der Waals surface area contributed by atoms with Crippen molar-refractivity contribution in [3.05, 3.63) is 70.0 Å². The molecule has 1 amide bonds. The molecule has 128 valence electrons. The molecule has 1 unspecified atom stereocenters. The molecule has 0 spiro atoms. The number of rotatable bonds is 5. The quantitative estimate of drug-likeness (QED) is 0.715. The maximum Gasteiger partial charge on any atom is 0.251 e. The van der Waals surface area contributed by atoms with E-state index in [1.54, 1.807) is 10.7 Å². The van der Waals surface area contributed by atoms with Crippen LogP contribution in [0.2, 0.25) is 0 Å². The Labute approximate surface area is 154 Å². The van der Waals surface area contributed by atoms with E-state index in [4.69, 9.17) is 0 Å². The van der Waals surface area contributed by atoms with Crippen molar-refractivity contribution in [2.75, 3.05) is 0 Å². The number of benzene rings is 2. The van der Waals surface area contributed by atoms with Crippen LogP contribution in [0.4, 0.5) is 0 Å². The van der Waals surface area contributed by atoms with Crippen LogP contribution in [0.1, 0.15) is 28.4 Å². The second-order valence-corrected chi connectivity index (χ2v) is 6.88. The first-order valence-corrected chi connectivity index (χ1v) is 8.71. The molecule has 25 heavy (non-hydrogen) atoms. The van der Waals surface area contributed by atoms with Crippen molar-refractivity contribution in [1.29, 1.82) is 0 Å². The number of hydrogen-bond donors (Lipinski definition) is 1. The Hall–Kier alpha value is -2.54. The number of halogens is 1. The van der Waals surface area contributed by atoms with Gasteiger partial charge >= 0.3 is 0 Å². The summed E-state index contributed by atoms with van der Waals surface area (Å²) in [5, 5.41) is 14.2. The average Bonchev–Trinajstić information content (AvgIpc) is 3.11. The van der Waals surface area contributed by atoms with Gasteiger partial charge in [-0.05, 0) is 72.2 Å². The molecule has 3 aromatic rings. The maximum atomic E-state index is 12.5. The third kappa shape index (κ3) is 4.30. The second kappa shape index (κ2) is 7.57. The number of carbonyl (C=O) groups is 1. The van der Waals surface area contributed by atoms with Gasteiger partial charge in [-0.3, -0.25) is 4.79 Å². The van der Waals surface area contributed by atoms with Gasteiger partial charge in [0, 0.05) is 16.1 Å². The zero-order valence-electron chi connectivity index (χ0n) is 14.0. The Morgan fingerprint density at radius 2 is 2.00 bits per heavy atom. The molecule has 0 saturated heterocycles. The third-order valence-electron chi connectivity index (χ3n) is 3.89. The predicted octanol–water partition coefficient (Wildman–Crippen LogP) is 3.09. The Morgan fingerprint density at radius 1 is 1.24 bits per heavy atom. The highest BCUT2D eigenvalue weighted by molar-refractivity contribution is 9.10. The molecule has 1 aromatic heterocycles. The molecule has 0 fully saturated rings. The van der Waals surface area contributed by atoms with Gasteiger partial charge in [-0.1, -0.05) is 28.1 Å². The molecular formula is C18H18BrN5O. The molecule has 1 atom stereocenters. The van der Waals surface area contributed by atoms with Crippen molar-refractivity contribution in [2.45, 2.75) is 26.3 Å². The fourth-order valence-corrected chi connectivity index (χ4v) is 2.92. The van der Waals surface area contributed by atoms with E-state index in [1.165, 1.54) is 11.9 Å². The van der Waals surface area contributed by atoms with Gasteiger partial charge in [-0.25, -0.2) is 4.68 Å². The molecule has 0 aliphatic carbocycles. The Bertz CT molecular complexity index is 862. The largest absolute Gasteiger partial charge is 0.349 e. The van der Waals surface area contributed by atoms with Gasteiger partial charge in [0.1, 0.15) is 6.33 Å². The molecule has 1 heterocycles. The number of amides is 1. The minimum Gasteiger partial charge on any atom is -0.349 e. The predicted molar refractivity (Wildman–Crippen MR) is 98.7 cm³/mol. The zero-order chi connectivity index (χ0) is 17.8. The van der Waals surface area contributed by atoms with Crippen LogP contribution < -0.4 is 5.32 Å². The van der Waals surface area contributed by atoms with Crippen LogP contribution in [0.3, 0.4) is 0 Å². The first-order valence-electron chi connectivity index (χ1n) is 7.92. The van der Waals surface area contributed by atoms with Crippen molar-refractivity contribution in [3.63, 3.8) is 0 Å². The highest BCUT2D eigenvalue weighted by Crippen LogP contribution is 2.15. The van der Waals surface area contributed by atoms with E-state index in [1.807, 2.05) is 38.1 Å². The van der Waals surface area contributed by atoms with Gasteiger partial charge in [0.15, 0.2) is 0 Å². The molecule has 1 N–H and O–H groups in total. The van der Waals surface area contributed by atoms with E-state index in [9.17, 15) is 4.79 Å². The number of tetrazole rings is 1. The summed E-state index contributed by atoms with van der Waals surface area (Å²) in [7, 11) is 0. The van der Waals surface area contributed by atoms with E-state index < -0.39 is 0 Å². The molecule has 6 nitrogen and oxygen atoms in total. The van der Waals surface area contributed by atoms with Gasteiger partial charge in [0.05, 0.1) is 5.69 Å². The molecular weight excluding hydrogens is 382 g/mol. The highest BCUT2D eigenvalue weighted by Gasteiger charge is 2.12. The van der Waals surface area contributed by atoms with Gasteiger partial charge in [-0.2, -0.15) is 0 Å². The van der Waals surface area contributed by atoms with Crippen LogP contribution in [0.25, 0.3) is 5.69 Å². The Balaban J connectivity index is 1.66. The minimum atomic E-state index is -0.0871. The van der Waals surface area contributed by atoms with Crippen LogP contribution in [-0.4, -0.2) is 32.2 Å². The van der Waals surface area contributed by atoms with Gasteiger partial charge in [-0.15, -0.1) is 5.10 Å². The highest BCUT2D eigenvalue weighted by atomic mass is 79.9. The van der Waals surface area contributed by atoms with E-state index in [0.29, 0.717) is 5.56 Å². The molecule has 3 rings (SSSR count). The Kier molecular flexibility index (Phi) is 5.23. The second-order valence-electron chi connectivity index (χ2n) is 5.96. The lowest BCUT2D eigenvalue weighted by Crippen LogP contribution is -2.34. The molecule has 0 aliphatic rings. The topological polar surface area (TPSA) is 72.7 Å². The van der Waals surface area contributed by atoms with Gasteiger partial charge in [0.2, 0.25) is 0 Å². The monoisotopic (exact) mass is 399 g/mol. The van der Waals surface area contributed by atoms with Gasteiger partial charge in [0.25, 0.3) is 5.91 Å². The lowest BCUT2D eigenvalue weighted by Gasteiger charge is -2.15. The van der Waals surface area contributed by atoms with Crippen LogP contribution in [-0.2, 0) is 6.42 Å². The lowest BCUT2D eigenvalue weighted by atomic mass is 10.1. The fraction of sp³-hybridized carbons (Fsp3) is 0.222. The SMILES string of the molecule is Cc1cc(C(=O)NC(C)Cc2ccc(Br)cc2)ccc1-n1cnnn1. The number of nitrogens with one attached hydrogen (secondary N) is 1. The summed E-state index contributed by atoms with van der Waals surface area (Å²) in [6, 6.07) is 13.6. The standard InChI is InChI=1S/C18H18BrN5O/c1-12-9-15(5-8-17(12)24-11-20-22-23-24)18(25)21-13(2)10-14-3-6-16(19)7-4-14/h3-9,11,13H,10H2,1-2H3,(H,21,25). The van der Waals surface area contributed by atoms with Crippen LogP contribution in [0.5, 0.6) is 0 Å². The van der Waals surface area contributed by atoms with E-state index in [2.05, 4.69) is 48.9 Å². The van der Waals surface area contributed by atoms with Crippen molar-refractivity contribution < 1.29 is 4.79 Å². The fourth-order valence-electron chi connectivity index (χ4n) is 2.66. The number of nitrogens with zero attached hydrogens (tertiary/aromatic N) is 4. The first-order chi connectivity index (χ1) is 12.0. The number of aromatic nitrogens is 4. The summed E-state index contributed by atoms with van der Waals surface area (Å²) in [5.41, 5.74) is 3.59. The first kappa shape index (κ1) is 17.3. The summed E-state index contributed by atoms with van der Waals surface area (Å²) in [6.45, 7) is 3.93. The van der Waals surface area contributed by atoms with Crippen molar-refractivity contribution >= 4 is 21.8 Å². The molecule has 0 bridgehead atoms. The minimum absolute atomic E-state index is 0.0353. The number of carbonyl (C=O) groups excluding carboxylic acids is 1. The molecule has 2 aromatic carbocycles.